The zero-order chi connectivity index (χ0) is 13.3. The van der Waals surface area contributed by atoms with Gasteiger partial charge < -0.3 is 14.6 Å². The number of aliphatic hydroxyl groups is 1. The standard InChI is InChI=1S/C16H18O3/c17-11-10-14-6-8-16(9-7-14)19-13-18-12-15-4-2-1-3-5-15/h1-9,17H,10-13H2. The molecule has 2 rings (SSSR count). The third kappa shape index (κ3) is 4.73. The second kappa shape index (κ2) is 7.56. The van der Waals surface area contributed by atoms with Crippen LogP contribution in [-0.2, 0) is 17.8 Å². The summed E-state index contributed by atoms with van der Waals surface area (Å²) in [7, 11) is 0. The maximum Gasteiger partial charge on any atom is 0.189 e. The minimum atomic E-state index is 0.167. The monoisotopic (exact) mass is 258 g/mol. The second-order valence-corrected chi connectivity index (χ2v) is 4.21. The molecule has 0 unspecified atom stereocenters. The van der Waals surface area contributed by atoms with E-state index >= 15 is 0 Å². The molecule has 0 amide bonds. The molecule has 2 aromatic carbocycles. The predicted octanol–water partition coefficient (Wildman–Crippen LogP) is 2.77. The average Bonchev–Trinajstić information content (AvgIpc) is 2.47. The molecule has 1 N–H and O–H groups in total. The maximum atomic E-state index is 8.82. The SMILES string of the molecule is OCCc1ccc(OCOCc2ccccc2)cc1. The molecule has 0 saturated carbocycles. The highest BCUT2D eigenvalue weighted by atomic mass is 16.7. The number of hydrogen-bond acceptors (Lipinski definition) is 3. The van der Waals surface area contributed by atoms with Crippen LogP contribution in [0.3, 0.4) is 0 Å². The lowest BCUT2D eigenvalue weighted by Gasteiger charge is -2.08. The van der Waals surface area contributed by atoms with Crippen molar-refractivity contribution in [3.8, 4) is 5.75 Å². The molecule has 0 atom stereocenters. The molecule has 0 spiro atoms. The van der Waals surface area contributed by atoms with Crippen molar-refractivity contribution in [3.63, 3.8) is 0 Å². The summed E-state index contributed by atoms with van der Waals surface area (Å²) in [6.45, 7) is 0.943. The van der Waals surface area contributed by atoms with Crippen LogP contribution in [0.15, 0.2) is 54.6 Å². The first-order chi connectivity index (χ1) is 9.38. The van der Waals surface area contributed by atoms with Crippen LogP contribution >= 0.6 is 0 Å². The molecule has 3 heteroatoms. The van der Waals surface area contributed by atoms with E-state index in [9.17, 15) is 0 Å². The molecular weight excluding hydrogens is 240 g/mol. The van der Waals surface area contributed by atoms with Gasteiger partial charge in [-0.3, -0.25) is 0 Å². The quantitative estimate of drug-likeness (QED) is 0.613. The first-order valence-corrected chi connectivity index (χ1v) is 6.33. The molecule has 0 radical (unpaired) electrons. The molecule has 0 heterocycles. The van der Waals surface area contributed by atoms with Gasteiger partial charge in [-0.15, -0.1) is 0 Å². The highest BCUT2D eigenvalue weighted by Gasteiger charge is 1.96. The van der Waals surface area contributed by atoms with Crippen molar-refractivity contribution >= 4 is 0 Å². The summed E-state index contributed by atoms with van der Waals surface area (Å²) in [5.74, 6) is 0.773. The molecule has 0 aliphatic heterocycles. The molecular formula is C16H18O3. The zero-order valence-electron chi connectivity index (χ0n) is 10.8. The molecule has 3 nitrogen and oxygen atoms in total. The largest absolute Gasteiger partial charge is 0.468 e. The van der Waals surface area contributed by atoms with Crippen molar-refractivity contribution in [3.05, 3.63) is 65.7 Å². The molecule has 19 heavy (non-hydrogen) atoms. The summed E-state index contributed by atoms with van der Waals surface area (Å²) in [5, 5.41) is 8.82. The van der Waals surface area contributed by atoms with Crippen molar-refractivity contribution in [1.82, 2.24) is 0 Å². The third-order valence-corrected chi connectivity index (χ3v) is 2.74. The Morgan fingerprint density at radius 1 is 0.842 bits per heavy atom. The van der Waals surface area contributed by atoms with E-state index in [1.807, 2.05) is 54.6 Å². The minimum absolute atomic E-state index is 0.167. The minimum Gasteiger partial charge on any atom is -0.468 e. The first-order valence-electron chi connectivity index (χ1n) is 6.33. The summed E-state index contributed by atoms with van der Waals surface area (Å²) in [4.78, 5) is 0. The van der Waals surface area contributed by atoms with Crippen LogP contribution in [-0.4, -0.2) is 18.5 Å². The van der Waals surface area contributed by atoms with Gasteiger partial charge in [-0.25, -0.2) is 0 Å². The van der Waals surface area contributed by atoms with Crippen LogP contribution < -0.4 is 4.74 Å². The average molecular weight is 258 g/mol. The van der Waals surface area contributed by atoms with Gasteiger partial charge in [0.05, 0.1) is 6.61 Å². The van der Waals surface area contributed by atoms with E-state index in [-0.39, 0.29) is 13.4 Å². The number of aliphatic hydroxyl groups excluding tert-OH is 1. The molecule has 2 aromatic rings. The van der Waals surface area contributed by atoms with E-state index in [0.717, 1.165) is 16.9 Å². The highest BCUT2D eigenvalue weighted by Crippen LogP contribution is 2.12. The molecule has 0 fully saturated rings. The second-order valence-electron chi connectivity index (χ2n) is 4.21. The number of hydrogen-bond donors (Lipinski definition) is 1. The lowest BCUT2D eigenvalue weighted by Crippen LogP contribution is -2.03. The van der Waals surface area contributed by atoms with Gasteiger partial charge >= 0.3 is 0 Å². The zero-order valence-corrected chi connectivity index (χ0v) is 10.8. The molecule has 100 valence electrons. The van der Waals surface area contributed by atoms with Gasteiger partial charge in [-0.2, -0.15) is 0 Å². The van der Waals surface area contributed by atoms with Crippen LogP contribution in [0, 0.1) is 0 Å². The van der Waals surface area contributed by atoms with E-state index in [1.165, 1.54) is 0 Å². The van der Waals surface area contributed by atoms with E-state index < -0.39 is 0 Å². The topological polar surface area (TPSA) is 38.7 Å². The number of rotatable bonds is 7. The van der Waals surface area contributed by atoms with Gasteiger partial charge in [0, 0.05) is 6.61 Å². The molecule has 0 aliphatic rings. The number of ether oxygens (including phenoxy) is 2. The fourth-order valence-corrected chi connectivity index (χ4v) is 1.72. The van der Waals surface area contributed by atoms with Crippen LogP contribution in [0.1, 0.15) is 11.1 Å². The normalized spacial score (nSPS) is 10.4. The Morgan fingerprint density at radius 3 is 2.26 bits per heavy atom. The van der Waals surface area contributed by atoms with Gasteiger partial charge in [-0.05, 0) is 29.7 Å². The van der Waals surface area contributed by atoms with E-state index in [1.54, 1.807) is 0 Å². The van der Waals surface area contributed by atoms with Crippen LogP contribution in [0.25, 0.3) is 0 Å². The van der Waals surface area contributed by atoms with Gasteiger partial charge in [0.15, 0.2) is 6.79 Å². The van der Waals surface area contributed by atoms with Crippen LogP contribution in [0.5, 0.6) is 5.75 Å². The Balaban J connectivity index is 1.70. The maximum absolute atomic E-state index is 8.82. The van der Waals surface area contributed by atoms with Gasteiger partial charge in [0.1, 0.15) is 5.75 Å². The Hall–Kier alpha value is -1.84. The van der Waals surface area contributed by atoms with Crippen molar-refractivity contribution in [2.24, 2.45) is 0 Å². The van der Waals surface area contributed by atoms with Crippen LogP contribution in [0.2, 0.25) is 0 Å². The summed E-state index contributed by atoms with van der Waals surface area (Å²) in [6, 6.07) is 17.7. The Kier molecular flexibility index (Phi) is 5.41. The van der Waals surface area contributed by atoms with E-state index in [4.69, 9.17) is 14.6 Å². The van der Waals surface area contributed by atoms with E-state index in [2.05, 4.69) is 0 Å². The fourth-order valence-electron chi connectivity index (χ4n) is 1.72. The summed E-state index contributed by atoms with van der Waals surface area (Å²) < 4.78 is 10.9. The van der Waals surface area contributed by atoms with Crippen molar-refractivity contribution in [2.45, 2.75) is 13.0 Å². The Labute approximate surface area is 113 Å². The van der Waals surface area contributed by atoms with Crippen molar-refractivity contribution < 1.29 is 14.6 Å². The first kappa shape index (κ1) is 13.6. The van der Waals surface area contributed by atoms with Gasteiger partial charge in [0.25, 0.3) is 0 Å². The van der Waals surface area contributed by atoms with E-state index in [0.29, 0.717) is 13.0 Å². The van der Waals surface area contributed by atoms with Crippen molar-refractivity contribution in [2.75, 3.05) is 13.4 Å². The Morgan fingerprint density at radius 2 is 1.58 bits per heavy atom. The summed E-state index contributed by atoms with van der Waals surface area (Å²) >= 11 is 0. The third-order valence-electron chi connectivity index (χ3n) is 2.74. The Bertz CT molecular complexity index is 465. The summed E-state index contributed by atoms with van der Waals surface area (Å²) in [5.41, 5.74) is 2.23. The van der Waals surface area contributed by atoms with Gasteiger partial charge in [0.2, 0.25) is 0 Å². The fraction of sp³-hybridized carbons (Fsp3) is 0.250. The highest BCUT2D eigenvalue weighted by molar-refractivity contribution is 5.27. The van der Waals surface area contributed by atoms with Crippen LogP contribution in [0.4, 0.5) is 0 Å². The number of benzene rings is 2. The van der Waals surface area contributed by atoms with Crippen molar-refractivity contribution in [1.29, 1.82) is 0 Å². The smallest absolute Gasteiger partial charge is 0.189 e. The lowest BCUT2D eigenvalue weighted by molar-refractivity contribution is 0.00504. The molecule has 0 aromatic heterocycles. The lowest BCUT2D eigenvalue weighted by atomic mass is 10.1. The predicted molar refractivity (Wildman–Crippen MR) is 74.0 cm³/mol. The molecule has 0 bridgehead atoms. The molecule has 0 aliphatic carbocycles. The molecule has 0 saturated heterocycles. The van der Waals surface area contributed by atoms with Gasteiger partial charge in [-0.1, -0.05) is 42.5 Å². The summed E-state index contributed by atoms with van der Waals surface area (Å²) in [6.07, 6.45) is 0.671.